The Hall–Kier alpha value is -1.95. The number of primary amides is 1. The number of halogens is 1. The summed E-state index contributed by atoms with van der Waals surface area (Å²) in [7, 11) is 0. The van der Waals surface area contributed by atoms with Crippen molar-refractivity contribution in [3.05, 3.63) is 35.6 Å². The molecule has 0 aliphatic rings. The lowest BCUT2D eigenvalue weighted by Crippen LogP contribution is -2.41. The monoisotopic (exact) mass is 239 g/mol. The molecule has 0 saturated heterocycles. The molecule has 1 unspecified atom stereocenters. The van der Waals surface area contributed by atoms with Gasteiger partial charge in [-0.1, -0.05) is 12.1 Å². The number of nitrogens with two attached hydrogens (primary N) is 1. The summed E-state index contributed by atoms with van der Waals surface area (Å²) in [6.07, 6.45) is 0. The van der Waals surface area contributed by atoms with E-state index >= 15 is 0 Å². The van der Waals surface area contributed by atoms with Crippen LogP contribution in [-0.2, 0) is 4.79 Å². The third kappa shape index (κ3) is 4.60. The molecule has 1 aromatic rings. The van der Waals surface area contributed by atoms with E-state index in [1.54, 1.807) is 12.1 Å². The fraction of sp³-hybridized carbons (Fsp3) is 0.273. The van der Waals surface area contributed by atoms with Crippen molar-refractivity contribution >= 4 is 11.9 Å². The molecule has 17 heavy (non-hydrogen) atoms. The molecule has 0 fully saturated rings. The average molecular weight is 239 g/mol. The first-order valence-corrected chi connectivity index (χ1v) is 5.07. The number of hydrogen-bond acceptors (Lipinski definition) is 3. The van der Waals surface area contributed by atoms with Gasteiger partial charge in [-0.25, -0.2) is 9.18 Å². The molecule has 1 atom stereocenters. The van der Waals surface area contributed by atoms with Crippen molar-refractivity contribution in [3.63, 3.8) is 0 Å². The molecule has 3 amide bonds. The first-order valence-electron chi connectivity index (χ1n) is 5.07. The van der Waals surface area contributed by atoms with Gasteiger partial charge >= 0.3 is 6.03 Å². The van der Waals surface area contributed by atoms with Crippen molar-refractivity contribution < 1.29 is 14.0 Å². The van der Waals surface area contributed by atoms with Crippen LogP contribution in [-0.4, -0.2) is 18.5 Å². The lowest BCUT2D eigenvalue weighted by atomic mass is 10.1. The summed E-state index contributed by atoms with van der Waals surface area (Å²) >= 11 is 0. The Bertz CT molecular complexity index is 406. The van der Waals surface area contributed by atoms with Gasteiger partial charge in [0.15, 0.2) is 0 Å². The third-order valence-corrected chi connectivity index (χ3v) is 2.20. The highest BCUT2D eigenvalue weighted by atomic mass is 19.1. The van der Waals surface area contributed by atoms with Gasteiger partial charge in [0.05, 0.1) is 6.54 Å². The van der Waals surface area contributed by atoms with Crippen molar-refractivity contribution in [1.29, 1.82) is 0 Å². The second-order valence-corrected chi connectivity index (χ2v) is 3.57. The predicted molar refractivity (Wildman–Crippen MR) is 60.5 cm³/mol. The Balaban J connectivity index is 2.44. The summed E-state index contributed by atoms with van der Waals surface area (Å²) in [6.45, 7) is 1.78. The Morgan fingerprint density at radius 2 is 1.94 bits per heavy atom. The molecule has 5 nitrogen and oxygen atoms in total. The van der Waals surface area contributed by atoms with Gasteiger partial charge in [-0.15, -0.1) is 0 Å². The molecule has 4 N–H and O–H groups in total. The van der Waals surface area contributed by atoms with Gasteiger partial charge in [-0.2, -0.15) is 0 Å². The number of urea groups is 1. The normalized spacial score (nSPS) is 11.9. The van der Waals surface area contributed by atoms with Crippen LogP contribution in [0.2, 0.25) is 0 Å². The van der Waals surface area contributed by atoms with Gasteiger partial charge in [0.1, 0.15) is 5.82 Å². The van der Waals surface area contributed by atoms with Crippen molar-refractivity contribution in [2.24, 2.45) is 5.73 Å². The topological polar surface area (TPSA) is 84.2 Å². The van der Waals surface area contributed by atoms with Crippen LogP contribution in [0.5, 0.6) is 0 Å². The van der Waals surface area contributed by atoms with E-state index in [9.17, 15) is 14.0 Å². The first-order chi connectivity index (χ1) is 7.99. The molecule has 0 bridgehead atoms. The maximum Gasteiger partial charge on any atom is 0.318 e. The molecule has 0 heterocycles. The van der Waals surface area contributed by atoms with Crippen LogP contribution in [0.1, 0.15) is 18.5 Å². The zero-order valence-electron chi connectivity index (χ0n) is 9.37. The third-order valence-electron chi connectivity index (χ3n) is 2.20. The highest BCUT2D eigenvalue weighted by Crippen LogP contribution is 2.12. The number of hydrogen-bond donors (Lipinski definition) is 3. The number of imide groups is 1. The summed E-state index contributed by atoms with van der Waals surface area (Å²) < 4.78 is 12.7. The minimum absolute atomic E-state index is 0.0402. The minimum Gasteiger partial charge on any atom is -0.351 e. The van der Waals surface area contributed by atoms with Crippen molar-refractivity contribution in [2.75, 3.05) is 6.54 Å². The number of carbonyl (C=O) groups is 2. The SMILES string of the molecule is CC(NCC(=O)NC(N)=O)c1ccc(F)cc1. The summed E-state index contributed by atoms with van der Waals surface area (Å²) in [5.74, 6) is -0.820. The fourth-order valence-corrected chi connectivity index (χ4v) is 1.30. The summed E-state index contributed by atoms with van der Waals surface area (Å²) in [5, 5.41) is 4.82. The van der Waals surface area contributed by atoms with E-state index in [0.717, 1.165) is 5.56 Å². The van der Waals surface area contributed by atoms with E-state index in [1.165, 1.54) is 12.1 Å². The molecular weight excluding hydrogens is 225 g/mol. The predicted octanol–water partition coefficient (Wildman–Crippen LogP) is 0.671. The molecular formula is C11H14FN3O2. The molecule has 0 spiro atoms. The standard InChI is InChI=1S/C11H14FN3O2/c1-7(8-2-4-9(12)5-3-8)14-6-10(16)15-11(13)17/h2-5,7,14H,6H2,1H3,(H3,13,15,16,17). The van der Waals surface area contributed by atoms with Gasteiger partial charge in [0, 0.05) is 6.04 Å². The number of benzene rings is 1. The van der Waals surface area contributed by atoms with E-state index in [4.69, 9.17) is 5.73 Å². The summed E-state index contributed by atoms with van der Waals surface area (Å²) in [5.41, 5.74) is 5.63. The molecule has 0 aliphatic heterocycles. The maximum absolute atomic E-state index is 12.7. The molecule has 92 valence electrons. The lowest BCUT2D eigenvalue weighted by molar-refractivity contribution is -0.119. The van der Waals surface area contributed by atoms with Crippen molar-refractivity contribution in [1.82, 2.24) is 10.6 Å². The van der Waals surface area contributed by atoms with Crippen molar-refractivity contribution in [2.45, 2.75) is 13.0 Å². The zero-order chi connectivity index (χ0) is 12.8. The smallest absolute Gasteiger partial charge is 0.318 e. The van der Waals surface area contributed by atoms with Crippen molar-refractivity contribution in [3.8, 4) is 0 Å². The van der Waals surface area contributed by atoms with Gasteiger partial charge in [0.2, 0.25) is 5.91 Å². The lowest BCUT2D eigenvalue weighted by Gasteiger charge is -2.13. The Morgan fingerprint density at radius 1 is 1.35 bits per heavy atom. The van der Waals surface area contributed by atoms with E-state index in [1.807, 2.05) is 12.2 Å². The van der Waals surface area contributed by atoms with Crippen LogP contribution in [0.25, 0.3) is 0 Å². The largest absolute Gasteiger partial charge is 0.351 e. The summed E-state index contributed by atoms with van der Waals surface area (Å²) in [6, 6.07) is 4.92. The molecule has 0 aliphatic carbocycles. The Morgan fingerprint density at radius 3 is 2.47 bits per heavy atom. The average Bonchev–Trinajstić information content (AvgIpc) is 2.26. The summed E-state index contributed by atoms with van der Waals surface area (Å²) in [4.78, 5) is 21.5. The van der Waals surface area contributed by atoms with Crippen LogP contribution in [0.3, 0.4) is 0 Å². The van der Waals surface area contributed by atoms with Gasteiger partial charge < -0.3 is 11.1 Å². The molecule has 6 heteroatoms. The number of amides is 3. The molecule has 0 saturated carbocycles. The number of nitrogens with one attached hydrogen (secondary N) is 2. The molecule has 1 rings (SSSR count). The van der Waals surface area contributed by atoms with E-state index < -0.39 is 11.9 Å². The highest BCUT2D eigenvalue weighted by molar-refractivity contribution is 5.94. The Kier molecular flexibility index (Phi) is 4.59. The van der Waals surface area contributed by atoms with E-state index in [2.05, 4.69) is 5.32 Å². The second-order valence-electron chi connectivity index (χ2n) is 3.57. The molecule has 0 radical (unpaired) electrons. The zero-order valence-corrected chi connectivity index (χ0v) is 9.37. The maximum atomic E-state index is 12.7. The van der Waals surface area contributed by atoms with E-state index in [0.29, 0.717) is 0 Å². The van der Waals surface area contributed by atoms with Gasteiger partial charge in [-0.3, -0.25) is 10.1 Å². The van der Waals surface area contributed by atoms with Crippen LogP contribution in [0.4, 0.5) is 9.18 Å². The van der Waals surface area contributed by atoms with E-state index in [-0.39, 0.29) is 18.4 Å². The van der Waals surface area contributed by atoms with Gasteiger partial charge in [-0.05, 0) is 24.6 Å². The van der Waals surface area contributed by atoms with Gasteiger partial charge in [0.25, 0.3) is 0 Å². The van der Waals surface area contributed by atoms with Crippen LogP contribution in [0, 0.1) is 5.82 Å². The minimum atomic E-state index is -0.883. The fourth-order valence-electron chi connectivity index (χ4n) is 1.30. The molecule has 0 aromatic heterocycles. The molecule has 1 aromatic carbocycles. The Labute approximate surface area is 98.2 Å². The van der Waals surface area contributed by atoms with Crippen LogP contribution in [0.15, 0.2) is 24.3 Å². The second kappa shape index (κ2) is 5.95. The highest BCUT2D eigenvalue weighted by Gasteiger charge is 2.08. The number of carbonyl (C=O) groups excluding carboxylic acids is 2. The van der Waals surface area contributed by atoms with Crippen LogP contribution >= 0.6 is 0 Å². The first kappa shape index (κ1) is 13.1. The quantitative estimate of drug-likeness (QED) is 0.722. The number of rotatable bonds is 4. The van der Waals surface area contributed by atoms with Crippen LogP contribution < -0.4 is 16.4 Å².